The second-order valence-electron chi connectivity index (χ2n) is 9.44. The Kier molecular flexibility index (Phi) is 6.90. The first-order valence-corrected chi connectivity index (χ1v) is 12.2. The average Bonchev–Trinajstić information content (AvgIpc) is 3.19. The molecule has 37 heavy (non-hydrogen) atoms. The quantitative estimate of drug-likeness (QED) is 0.455. The van der Waals surface area contributed by atoms with Crippen molar-refractivity contribution in [2.45, 2.75) is 25.7 Å². The maximum atomic E-state index is 13.2. The highest BCUT2D eigenvalue weighted by Crippen LogP contribution is 2.30. The van der Waals surface area contributed by atoms with Crippen molar-refractivity contribution in [1.82, 2.24) is 19.7 Å². The Balaban J connectivity index is 1.15. The van der Waals surface area contributed by atoms with Crippen molar-refractivity contribution >= 4 is 18.0 Å². The zero-order chi connectivity index (χ0) is 26.0. The second-order valence-corrected chi connectivity index (χ2v) is 9.44. The van der Waals surface area contributed by atoms with Gasteiger partial charge in [0.2, 0.25) is 5.91 Å². The van der Waals surface area contributed by atoms with Crippen LogP contribution in [0.15, 0.2) is 60.3 Å². The van der Waals surface area contributed by atoms with Crippen molar-refractivity contribution in [2.24, 2.45) is 5.92 Å². The van der Waals surface area contributed by atoms with Gasteiger partial charge in [0.25, 0.3) is 0 Å². The van der Waals surface area contributed by atoms with Gasteiger partial charge in [-0.1, -0.05) is 24.3 Å². The molecular formula is C27H27F3N4O3. The van der Waals surface area contributed by atoms with E-state index in [1.54, 1.807) is 17.2 Å². The molecule has 4 heterocycles. The Hall–Kier alpha value is -3.82. The summed E-state index contributed by atoms with van der Waals surface area (Å²) in [5.74, 6) is -0.247. The number of rotatable bonds is 3. The molecular weight excluding hydrogens is 485 g/mol. The lowest BCUT2D eigenvalue weighted by atomic mass is 10.00. The van der Waals surface area contributed by atoms with Gasteiger partial charge in [0.05, 0.1) is 0 Å². The number of amides is 3. The summed E-state index contributed by atoms with van der Waals surface area (Å²) >= 11 is 0. The van der Waals surface area contributed by atoms with Crippen LogP contribution in [0.2, 0.25) is 0 Å². The molecule has 3 aliphatic heterocycles. The van der Waals surface area contributed by atoms with E-state index in [0.717, 1.165) is 24.1 Å². The summed E-state index contributed by atoms with van der Waals surface area (Å²) in [5, 5.41) is 0. The van der Waals surface area contributed by atoms with Crippen molar-refractivity contribution in [3.63, 3.8) is 0 Å². The molecule has 0 N–H and O–H groups in total. The van der Waals surface area contributed by atoms with E-state index in [4.69, 9.17) is 0 Å². The summed E-state index contributed by atoms with van der Waals surface area (Å²) in [4.78, 5) is 35.9. The van der Waals surface area contributed by atoms with E-state index in [2.05, 4.69) is 15.8 Å². The highest BCUT2D eigenvalue weighted by molar-refractivity contribution is 5.92. The number of aromatic nitrogens is 1. The maximum absolute atomic E-state index is 13.2. The molecule has 1 fully saturated rings. The van der Waals surface area contributed by atoms with Crippen molar-refractivity contribution in [3.05, 3.63) is 77.1 Å². The van der Waals surface area contributed by atoms with Gasteiger partial charge in [0, 0.05) is 69.6 Å². The molecule has 0 aliphatic carbocycles. The predicted octanol–water partition coefficient (Wildman–Crippen LogP) is 4.26. The number of alkyl halides is 3. The number of fused-ring (bicyclic) bond motifs is 2. The number of benzene rings is 1. The van der Waals surface area contributed by atoms with Crippen molar-refractivity contribution in [1.29, 1.82) is 0 Å². The van der Waals surface area contributed by atoms with E-state index in [1.807, 2.05) is 21.9 Å². The Labute approximate surface area is 212 Å². The van der Waals surface area contributed by atoms with E-state index >= 15 is 0 Å². The Bertz CT molecular complexity index is 1230. The van der Waals surface area contributed by atoms with Crippen LogP contribution in [0.4, 0.5) is 18.0 Å². The van der Waals surface area contributed by atoms with Crippen LogP contribution < -0.4 is 4.74 Å². The molecule has 5 rings (SSSR count). The van der Waals surface area contributed by atoms with Gasteiger partial charge in [-0.3, -0.25) is 9.78 Å². The number of ether oxygens (including phenoxy) is 1. The number of likely N-dealkylation sites (tertiary alicyclic amines) is 1. The SMILES string of the molecule is O=C(/C=C/c1ccc(OC(F)(F)F)cc1)N1CC=C2CN(C(=O)N3CCc4ncccc4C3)C[C@H]2CC1. The summed E-state index contributed by atoms with van der Waals surface area (Å²) in [5.41, 5.74) is 3.94. The molecule has 3 amide bonds. The van der Waals surface area contributed by atoms with Crippen LogP contribution in [-0.4, -0.2) is 70.7 Å². The van der Waals surface area contributed by atoms with Crippen LogP contribution in [0.3, 0.4) is 0 Å². The second kappa shape index (κ2) is 10.3. The number of hydrogen-bond acceptors (Lipinski definition) is 4. The van der Waals surface area contributed by atoms with E-state index in [9.17, 15) is 22.8 Å². The van der Waals surface area contributed by atoms with Crippen molar-refractivity contribution in [2.75, 3.05) is 32.7 Å². The van der Waals surface area contributed by atoms with Crippen LogP contribution in [0.5, 0.6) is 5.75 Å². The van der Waals surface area contributed by atoms with Crippen LogP contribution in [0.25, 0.3) is 6.08 Å². The summed E-state index contributed by atoms with van der Waals surface area (Å²) in [6, 6.07) is 9.31. The first kappa shape index (κ1) is 24.9. The minimum Gasteiger partial charge on any atom is -0.406 e. The van der Waals surface area contributed by atoms with E-state index in [-0.39, 0.29) is 23.6 Å². The number of halogens is 3. The van der Waals surface area contributed by atoms with Crippen molar-refractivity contribution < 1.29 is 27.5 Å². The summed E-state index contributed by atoms with van der Waals surface area (Å²) in [6.45, 7) is 3.48. The third-order valence-corrected chi connectivity index (χ3v) is 7.01. The smallest absolute Gasteiger partial charge is 0.406 e. The van der Waals surface area contributed by atoms with Crippen molar-refractivity contribution in [3.8, 4) is 5.75 Å². The zero-order valence-corrected chi connectivity index (χ0v) is 20.2. The molecule has 0 bridgehead atoms. The van der Waals surface area contributed by atoms with Gasteiger partial charge in [-0.25, -0.2) is 4.79 Å². The highest BCUT2D eigenvalue weighted by Gasteiger charge is 2.35. The number of nitrogens with zero attached hydrogens (tertiary/aromatic N) is 4. The van der Waals surface area contributed by atoms with Gasteiger partial charge in [0.15, 0.2) is 0 Å². The standard InChI is InChI=1S/C27H27F3N4O3/c28-27(29,30)37-23-6-3-19(4-7-23)5-8-25(35)32-13-9-20-16-34(17-21(20)10-14-32)26(36)33-15-11-24-22(18-33)2-1-12-31-24/h1-9,12,21H,10-11,13-18H2/b8-5+/t21-/m1/s1. The van der Waals surface area contributed by atoms with Crippen LogP contribution in [-0.2, 0) is 17.8 Å². The fraction of sp³-hybridized carbons (Fsp3) is 0.370. The molecule has 1 saturated heterocycles. The molecule has 0 saturated carbocycles. The molecule has 1 atom stereocenters. The van der Waals surface area contributed by atoms with Crippen LogP contribution in [0, 0.1) is 5.92 Å². The van der Waals surface area contributed by atoms with E-state index < -0.39 is 6.36 Å². The lowest BCUT2D eigenvalue weighted by molar-refractivity contribution is -0.274. The van der Waals surface area contributed by atoms with Gasteiger partial charge in [0.1, 0.15) is 5.75 Å². The number of pyridine rings is 1. The Morgan fingerprint density at radius 3 is 2.62 bits per heavy atom. The average molecular weight is 513 g/mol. The molecule has 0 unspecified atom stereocenters. The predicted molar refractivity (Wildman–Crippen MR) is 130 cm³/mol. The van der Waals surface area contributed by atoms with Gasteiger partial charge in [-0.15, -0.1) is 13.2 Å². The zero-order valence-electron chi connectivity index (χ0n) is 20.2. The summed E-state index contributed by atoms with van der Waals surface area (Å²) < 4.78 is 40.8. The molecule has 10 heteroatoms. The minimum atomic E-state index is -4.74. The van der Waals surface area contributed by atoms with E-state index in [0.29, 0.717) is 44.8 Å². The highest BCUT2D eigenvalue weighted by atomic mass is 19.4. The largest absolute Gasteiger partial charge is 0.573 e. The minimum absolute atomic E-state index is 0.0472. The molecule has 1 aromatic heterocycles. The summed E-state index contributed by atoms with van der Waals surface area (Å²) in [7, 11) is 0. The third kappa shape index (κ3) is 5.95. The molecule has 0 radical (unpaired) electrons. The van der Waals surface area contributed by atoms with Crippen LogP contribution >= 0.6 is 0 Å². The lowest BCUT2D eigenvalue weighted by Gasteiger charge is -2.32. The lowest BCUT2D eigenvalue weighted by Crippen LogP contribution is -2.44. The monoisotopic (exact) mass is 512 g/mol. The topological polar surface area (TPSA) is 66.0 Å². The number of hydrogen-bond donors (Lipinski definition) is 0. The molecule has 2 aromatic rings. The van der Waals surface area contributed by atoms with Gasteiger partial charge in [-0.05, 0) is 47.4 Å². The fourth-order valence-electron chi connectivity index (χ4n) is 5.06. The van der Waals surface area contributed by atoms with E-state index in [1.165, 1.54) is 35.9 Å². The first-order chi connectivity index (χ1) is 17.7. The normalized spacial score (nSPS) is 19.8. The molecule has 3 aliphatic rings. The van der Waals surface area contributed by atoms with Gasteiger partial charge < -0.3 is 19.4 Å². The molecule has 0 spiro atoms. The Morgan fingerprint density at radius 1 is 1.03 bits per heavy atom. The number of urea groups is 1. The van der Waals surface area contributed by atoms with Gasteiger partial charge in [-0.2, -0.15) is 0 Å². The molecule has 7 nitrogen and oxygen atoms in total. The molecule has 1 aromatic carbocycles. The van der Waals surface area contributed by atoms with Crippen LogP contribution in [0.1, 0.15) is 23.2 Å². The molecule has 194 valence electrons. The van der Waals surface area contributed by atoms with Gasteiger partial charge >= 0.3 is 12.4 Å². The number of carbonyl (C=O) groups is 2. The summed E-state index contributed by atoms with van der Waals surface area (Å²) in [6.07, 6.45) is 3.63. The number of carbonyl (C=O) groups excluding carboxylic acids is 2. The Morgan fingerprint density at radius 2 is 1.84 bits per heavy atom. The first-order valence-electron chi connectivity index (χ1n) is 12.2. The maximum Gasteiger partial charge on any atom is 0.573 e. The fourth-order valence-corrected chi connectivity index (χ4v) is 5.06. The third-order valence-electron chi connectivity index (χ3n) is 7.01.